The molecular formula is C56H49N5O. The van der Waals surface area contributed by atoms with E-state index in [2.05, 4.69) is 219 Å². The van der Waals surface area contributed by atoms with Crippen LogP contribution in [-0.4, -0.2) is 27.8 Å². The van der Waals surface area contributed by atoms with Gasteiger partial charge >= 0.3 is 0 Å². The molecule has 0 fully saturated rings. The Bertz CT molecular complexity index is 3350. The highest BCUT2D eigenvalue weighted by atomic mass is 16.5. The maximum atomic E-state index is 7.04. The molecule has 0 N–H and O–H groups in total. The summed E-state index contributed by atoms with van der Waals surface area (Å²) in [6.07, 6.45) is 2.04. The van der Waals surface area contributed by atoms with Crippen molar-refractivity contribution < 1.29 is 4.74 Å². The van der Waals surface area contributed by atoms with Crippen LogP contribution in [0, 0.1) is 27.7 Å². The Balaban J connectivity index is 1.09. The van der Waals surface area contributed by atoms with Crippen LogP contribution >= 0.6 is 0 Å². The van der Waals surface area contributed by atoms with Crippen LogP contribution in [0.3, 0.4) is 0 Å². The van der Waals surface area contributed by atoms with Crippen molar-refractivity contribution >= 4 is 60.7 Å². The Kier molecular flexibility index (Phi) is 8.59. The maximum absolute atomic E-state index is 7.04. The first-order valence-electron chi connectivity index (χ1n) is 21.5. The van der Waals surface area contributed by atoms with E-state index in [1.54, 1.807) is 0 Å². The Morgan fingerprint density at radius 3 is 1.92 bits per heavy atom. The number of nitrogens with zero attached hydrogens (tertiary/aromatic N) is 5. The summed E-state index contributed by atoms with van der Waals surface area (Å²) in [4.78, 5) is 9.94. The lowest BCUT2D eigenvalue weighted by Gasteiger charge is -2.29. The van der Waals surface area contributed by atoms with Crippen LogP contribution in [0.15, 0.2) is 158 Å². The molecule has 1 aliphatic rings. The van der Waals surface area contributed by atoms with Crippen LogP contribution in [0.1, 0.15) is 47.2 Å². The molecule has 304 valence electrons. The van der Waals surface area contributed by atoms with Gasteiger partial charge in [-0.3, -0.25) is 4.57 Å². The van der Waals surface area contributed by atoms with E-state index in [1.165, 1.54) is 60.8 Å². The van der Waals surface area contributed by atoms with Crippen LogP contribution in [0.5, 0.6) is 11.5 Å². The van der Waals surface area contributed by atoms with E-state index in [4.69, 9.17) is 9.72 Å². The van der Waals surface area contributed by atoms with Gasteiger partial charge in [-0.1, -0.05) is 111 Å². The zero-order chi connectivity index (χ0) is 42.4. The van der Waals surface area contributed by atoms with Gasteiger partial charge < -0.3 is 19.1 Å². The average Bonchev–Trinajstić information content (AvgIpc) is 3.92. The Labute approximate surface area is 362 Å². The van der Waals surface area contributed by atoms with Gasteiger partial charge in [-0.25, -0.2) is 4.98 Å². The molecule has 0 saturated heterocycles. The largest absolute Gasteiger partial charge is 0.457 e. The lowest BCUT2D eigenvalue weighted by molar-refractivity contribution is 0.480. The fourth-order valence-electron chi connectivity index (χ4n) is 10.1. The maximum Gasteiger partial charge on any atom is 0.142 e. The second-order valence-corrected chi connectivity index (χ2v) is 17.6. The van der Waals surface area contributed by atoms with E-state index in [0.717, 1.165) is 62.9 Å². The van der Waals surface area contributed by atoms with Gasteiger partial charge in [0.15, 0.2) is 0 Å². The second-order valence-electron chi connectivity index (χ2n) is 17.6. The quantitative estimate of drug-likeness (QED) is 0.161. The molecule has 3 aromatic heterocycles. The molecule has 4 heterocycles. The number of ether oxygens (including phenoxy) is 1. The first kappa shape index (κ1) is 37.7. The van der Waals surface area contributed by atoms with E-state index in [0.29, 0.717) is 0 Å². The zero-order valence-electron chi connectivity index (χ0n) is 36.4. The molecule has 0 aliphatic carbocycles. The normalized spacial score (nSPS) is 13.0. The van der Waals surface area contributed by atoms with Crippen molar-refractivity contribution in [3.63, 3.8) is 0 Å². The fourth-order valence-corrected chi connectivity index (χ4v) is 10.1. The summed E-state index contributed by atoms with van der Waals surface area (Å²) in [5.74, 6) is 2.45. The van der Waals surface area contributed by atoms with Crippen molar-refractivity contribution in [2.45, 2.75) is 47.0 Å². The summed E-state index contributed by atoms with van der Waals surface area (Å²) < 4.78 is 11.9. The van der Waals surface area contributed by atoms with Crippen molar-refractivity contribution in [1.82, 2.24) is 14.1 Å². The van der Waals surface area contributed by atoms with Gasteiger partial charge in [0.1, 0.15) is 17.3 Å². The molecule has 0 atom stereocenters. The number of hydrogen-bond donors (Lipinski definition) is 0. The molecule has 6 nitrogen and oxygen atoms in total. The molecule has 0 spiro atoms. The average molecular weight is 808 g/mol. The monoisotopic (exact) mass is 807 g/mol. The van der Waals surface area contributed by atoms with Gasteiger partial charge in [-0.15, -0.1) is 0 Å². The van der Waals surface area contributed by atoms with Gasteiger partial charge in [0.2, 0.25) is 0 Å². The van der Waals surface area contributed by atoms with Crippen molar-refractivity contribution in [3.05, 3.63) is 191 Å². The molecule has 1 aliphatic heterocycles. The molecule has 0 saturated carbocycles. The van der Waals surface area contributed by atoms with Gasteiger partial charge in [0.05, 0.1) is 45.8 Å². The van der Waals surface area contributed by atoms with E-state index < -0.39 is 0 Å². The van der Waals surface area contributed by atoms with E-state index >= 15 is 0 Å². The summed E-state index contributed by atoms with van der Waals surface area (Å²) >= 11 is 0. The number of aromatic nitrogens is 3. The second kappa shape index (κ2) is 14.1. The van der Waals surface area contributed by atoms with Gasteiger partial charge in [0, 0.05) is 63.6 Å². The van der Waals surface area contributed by atoms with Crippen molar-refractivity contribution in [1.29, 1.82) is 0 Å². The Morgan fingerprint density at radius 1 is 0.532 bits per heavy atom. The van der Waals surface area contributed by atoms with Crippen LogP contribution in [0.2, 0.25) is 0 Å². The first-order chi connectivity index (χ1) is 30.1. The molecule has 0 radical (unpaired) electrons. The molecular weight excluding hydrogens is 759 g/mol. The third-order valence-corrected chi connectivity index (χ3v) is 13.3. The zero-order valence-corrected chi connectivity index (χ0v) is 36.4. The number of anilines is 3. The summed E-state index contributed by atoms with van der Waals surface area (Å²) in [6, 6.07) is 54.6. The van der Waals surface area contributed by atoms with Crippen LogP contribution in [0.4, 0.5) is 17.1 Å². The van der Waals surface area contributed by atoms with Crippen LogP contribution in [-0.2, 0) is 5.41 Å². The fraction of sp³-hybridized carbons (Fsp3) is 0.161. The predicted molar refractivity (Wildman–Crippen MR) is 259 cm³/mol. The van der Waals surface area contributed by atoms with Crippen molar-refractivity contribution in [3.8, 4) is 23.0 Å². The van der Waals surface area contributed by atoms with Crippen molar-refractivity contribution in [2.24, 2.45) is 0 Å². The summed E-state index contributed by atoms with van der Waals surface area (Å²) in [6.45, 7) is 14.2. The van der Waals surface area contributed by atoms with Gasteiger partial charge in [-0.2, -0.15) is 0 Å². The van der Waals surface area contributed by atoms with Crippen LogP contribution in [0.25, 0.3) is 55.1 Å². The van der Waals surface area contributed by atoms with E-state index in [9.17, 15) is 0 Å². The minimum atomic E-state index is -0.281. The predicted octanol–water partition coefficient (Wildman–Crippen LogP) is 14.2. The van der Waals surface area contributed by atoms with Crippen LogP contribution < -0.4 is 14.5 Å². The third-order valence-electron chi connectivity index (χ3n) is 13.3. The van der Waals surface area contributed by atoms with Gasteiger partial charge in [0.25, 0.3) is 0 Å². The van der Waals surface area contributed by atoms with Crippen molar-refractivity contribution in [2.75, 3.05) is 23.5 Å². The molecule has 62 heavy (non-hydrogen) atoms. The number of benzene rings is 7. The number of para-hydroxylation sites is 5. The SMILES string of the molecule is Cc1cnc(-n2c3ccccc3c3ccc(Oc4cc(N5CN(C)c6ccccc65)cc(C(C)(C)c5ccccc5)c4)cc32)c(C)c1-n1c2c(C)cccc2c2cccc(C)c21. The molecule has 0 unspecified atom stereocenters. The summed E-state index contributed by atoms with van der Waals surface area (Å²) in [5, 5.41) is 4.85. The number of rotatable bonds is 7. The third kappa shape index (κ3) is 5.73. The highest BCUT2D eigenvalue weighted by molar-refractivity contribution is 6.12. The number of aryl methyl sites for hydroxylation is 3. The number of hydrogen-bond acceptors (Lipinski definition) is 4. The summed E-state index contributed by atoms with van der Waals surface area (Å²) in [7, 11) is 2.15. The highest BCUT2D eigenvalue weighted by Gasteiger charge is 2.29. The molecule has 7 aromatic carbocycles. The smallest absolute Gasteiger partial charge is 0.142 e. The van der Waals surface area contributed by atoms with E-state index in [1.807, 2.05) is 6.20 Å². The number of pyridine rings is 1. The number of fused-ring (bicyclic) bond motifs is 7. The Hall–Kier alpha value is -7.31. The topological polar surface area (TPSA) is 38.5 Å². The molecule has 11 rings (SSSR count). The highest BCUT2D eigenvalue weighted by Crippen LogP contribution is 2.45. The first-order valence-corrected chi connectivity index (χ1v) is 21.5. The minimum Gasteiger partial charge on any atom is -0.457 e. The summed E-state index contributed by atoms with van der Waals surface area (Å²) in [5.41, 5.74) is 16.2. The molecule has 6 heteroatoms. The lowest BCUT2D eigenvalue weighted by atomic mass is 9.78. The standard InChI is InChI=1S/C56H49N5O/c1-35-17-15-22-46-47-23-16-18-36(2)54(47)61(53(35)46)52-37(3)33-57-55(38(52)4)60-48-24-12-11-21-44(48)45-28-27-42(32-51(45)60)62-43-30-40(56(5,6)39-19-9-8-10-20-39)29-41(31-43)59-34-58(7)49-25-13-14-26-50(49)59/h8-33H,34H2,1-7H3. The minimum absolute atomic E-state index is 0.281. The molecule has 0 bridgehead atoms. The van der Waals surface area contributed by atoms with E-state index in [-0.39, 0.29) is 5.41 Å². The van der Waals surface area contributed by atoms with Gasteiger partial charge in [-0.05, 0) is 98.0 Å². The Morgan fingerprint density at radius 2 is 1.18 bits per heavy atom. The molecule has 10 aromatic rings. The molecule has 0 amide bonds. The lowest BCUT2D eigenvalue weighted by Crippen LogP contribution is -2.25.